The van der Waals surface area contributed by atoms with Gasteiger partial charge >= 0.3 is 0 Å². The molecule has 1 aromatic rings. The number of likely N-dealkylation sites (tertiary alicyclic amines) is 1. The van der Waals surface area contributed by atoms with Crippen LogP contribution in [0, 0.1) is 0 Å². The molecule has 1 N–H and O–H groups in total. The molecule has 0 aromatic heterocycles. The number of benzene rings is 1. The van der Waals surface area contributed by atoms with E-state index in [1.54, 1.807) is 12.1 Å². The number of carbonyl (C=O) groups excluding carboxylic acids is 1. The lowest BCUT2D eigenvalue weighted by Crippen LogP contribution is -2.49. The van der Waals surface area contributed by atoms with Crippen LogP contribution in [-0.2, 0) is 0 Å². The maximum Gasteiger partial charge on any atom is 0.255 e. The van der Waals surface area contributed by atoms with Crippen molar-refractivity contribution in [2.24, 2.45) is 0 Å². The van der Waals surface area contributed by atoms with E-state index in [1.807, 2.05) is 11.0 Å². The van der Waals surface area contributed by atoms with Gasteiger partial charge in [0.25, 0.3) is 5.91 Å². The average Bonchev–Trinajstić information content (AvgIpc) is 3.00. The van der Waals surface area contributed by atoms with E-state index in [0.29, 0.717) is 16.6 Å². The summed E-state index contributed by atoms with van der Waals surface area (Å²) in [5.74, 6) is 0.0713. The Morgan fingerprint density at radius 2 is 2.00 bits per heavy atom. The number of nitrogens with zero attached hydrogens (tertiary/aromatic N) is 2. The summed E-state index contributed by atoms with van der Waals surface area (Å²) in [7, 11) is 0. The molecule has 1 amide bonds. The molecule has 1 aromatic carbocycles. The Hall–Kier alpha value is -0.330. The molecule has 0 saturated carbocycles. The molecule has 0 aliphatic carbocycles. The minimum atomic E-state index is 0. The van der Waals surface area contributed by atoms with Crippen molar-refractivity contribution in [1.29, 1.82) is 0 Å². The first-order valence-electron chi connectivity index (χ1n) is 7.34. The van der Waals surface area contributed by atoms with Gasteiger partial charge in [-0.15, -0.1) is 12.4 Å². The lowest BCUT2D eigenvalue weighted by molar-refractivity contribution is 0.0772. The van der Waals surface area contributed by atoms with Crippen molar-refractivity contribution in [3.63, 3.8) is 0 Å². The number of piperazine rings is 1. The Bertz CT molecular complexity index is 538. The van der Waals surface area contributed by atoms with Crippen LogP contribution < -0.4 is 5.32 Å². The summed E-state index contributed by atoms with van der Waals surface area (Å²) in [5, 5.41) is 3.97. The van der Waals surface area contributed by atoms with Gasteiger partial charge in [-0.05, 0) is 40.5 Å². The standard InChI is InChI=1S/C15H19BrClN3O.ClH/c16-14-2-1-11(17)9-13(14)15(21)20-6-3-12(10-20)19-7-4-18-5-8-19;/h1-2,9,12,18H,3-8,10H2;1H. The Morgan fingerprint density at radius 1 is 1.27 bits per heavy atom. The zero-order valence-corrected chi connectivity index (χ0v) is 15.4. The topological polar surface area (TPSA) is 35.6 Å². The number of amides is 1. The molecule has 1 unspecified atom stereocenters. The van der Waals surface area contributed by atoms with Crippen LogP contribution in [0.2, 0.25) is 5.02 Å². The normalized spacial score (nSPS) is 22.5. The second kappa shape index (κ2) is 7.97. The summed E-state index contributed by atoms with van der Waals surface area (Å²) in [6.45, 7) is 5.89. The first kappa shape index (κ1) is 18.0. The van der Waals surface area contributed by atoms with E-state index >= 15 is 0 Å². The van der Waals surface area contributed by atoms with E-state index in [9.17, 15) is 4.79 Å². The summed E-state index contributed by atoms with van der Waals surface area (Å²) < 4.78 is 0.808. The third-order valence-corrected chi connectivity index (χ3v) is 5.20. The van der Waals surface area contributed by atoms with Crippen LogP contribution in [0.1, 0.15) is 16.8 Å². The van der Waals surface area contributed by atoms with Crippen molar-refractivity contribution >= 4 is 45.8 Å². The van der Waals surface area contributed by atoms with E-state index in [0.717, 1.165) is 50.2 Å². The van der Waals surface area contributed by atoms with E-state index in [2.05, 4.69) is 26.1 Å². The van der Waals surface area contributed by atoms with Crippen LogP contribution >= 0.6 is 39.9 Å². The second-order valence-electron chi connectivity index (χ2n) is 5.60. The molecular weight excluding hydrogens is 389 g/mol. The molecule has 4 nitrogen and oxygen atoms in total. The van der Waals surface area contributed by atoms with Crippen molar-refractivity contribution in [3.05, 3.63) is 33.3 Å². The molecule has 0 spiro atoms. The molecular formula is C15H20BrCl2N3O. The highest BCUT2D eigenvalue weighted by atomic mass is 79.9. The van der Waals surface area contributed by atoms with Gasteiger partial charge in [0.1, 0.15) is 0 Å². The van der Waals surface area contributed by atoms with Gasteiger partial charge in [-0.2, -0.15) is 0 Å². The number of hydrogen-bond acceptors (Lipinski definition) is 3. The van der Waals surface area contributed by atoms with Gasteiger partial charge in [0.2, 0.25) is 0 Å². The number of rotatable bonds is 2. The molecule has 1 atom stereocenters. The quantitative estimate of drug-likeness (QED) is 0.816. The molecule has 2 fully saturated rings. The third-order valence-electron chi connectivity index (χ3n) is 4.28. The Kier molecular flexibility index (Phi) is 6.53. The highest BCUT2D eigenvalue weighted by Crippen LogP contribution is 2.25. The fourth-order valence-corrected chi connectivity index (χ4v) is 3.69. The maximum absolute atomic E-state index is 12.7. The lowest BCUT2D eigenvalue weighted by atomic mass is 10.2. The highest BCUT2D eigenvalue weighted by Gasteiger charge is 2.31. The summed E-state index contributed by atoms with van der Waals surface area (Å²) in [4.78, 5) is 17.1. The molecule has 3 rings (SSSR count). The molecule has 2 saturated heterocycles. The first-order valence-corrected chi connectivity index (χ1v) is 8.51. The van der Waals surface area contributed by atoms with Crippen molar-refractivity contribution in [3.8, 4) is 0 Å². The van der Waals surface area contributed by atoms with Crippen LogP contribution in [-0.4, -0.2) is 61.0 Å². The van der Waals surface area contributed by atoms with Gasteiger partial charge in [0.05, 0.1) is 5.56 Å². The fourth-order valence-electron chi connectivity index (χ4n) is 3.10. The molecule has 22 heavy (non-hydrogen) atoms. The van der Waals surface area contributed by atoms with Crippen molar-refractivity contribution in [1.82, 2.24) is 15.1 Å². The molecule has 7 heteroatoms. The van der Waals surface area contributed by atoms with Gasteiger partial charge in [0.15, 0.2) is 0 Å². The number of hydrogen-bond donors (Lipinski definition) is 1. The first-order chi connectivity index (χ1) is 10.1. The van der Waals surface area contributed by atoms with Gasteiger partial charge in [0, 0.05) is 54.8 Å². The minimum absolute atomic E-state index is 0. The Labute approximate surface area is 150 Å². The minimum Gasteiger partial charge on any atom is -0.337 e. The largest absolute Gasteiger partial charge is 0.337 e. The molecule has 2 heterocycles. The lowest BCUT2D eigenvalue weighted by Gasteiger charge is -2.32. The van der Waals surface area contributed by atoms with Crippen LogP contribution in [0.4, 0.5) is 0 Å². The van der Waals surface area contributed by atoms with Crippen LogP contribution in [0.5, 0.6) is 0 Å². The van der Waals surface area contributed by atoms with E-state index in [1.165, 1.54) is 0 Å². The van der Waals surface area contributed by atoms with Gasteiger partial charge in [-0.1, -0.05) is 11.6 Å². The van der Waals surface area contributed by atoms with Crippen LogP contribution in [0.15, 0.2) is 22.7 Å². The Morgan fingerprint density at radius 3 is 2.73 bits per heavy atom. The van der Waals surface area contributed by atoms with Gasteiger partial charge in [-0.25, -0.2) is 0 Å². The third kappa shape index (κ3) is 3.95. The summed E-state index contributed by atoms with van der Waals surface area (Å²) in [5.41, 5.74) is 0.656. The second-order valence-corrected chi connectivity index (χ2v) is 6.89. The molecule has 2 aliphatic rings. The predicted molar refractivity (Wildman–Crippen MR) is 95.2 cm³/mol. The monoisotopic (exact) mass is 407 g/mol. The van der Waals surface area contributed by atoms with Crippen molar-refractivity contribution in [2.45, 2.75) is 12.5 Å². The zero-order chi connectivity index (χ0) is 14.8. The number of halogens is 3. The maximum atomic E-state index is 12.7. The highest BCUT2D eigenvalue weighted by molar-refractivity contribution is 9.10. The summed E-state index contributed by atoms with van der Waals surface area (Å²) in [6.07, 6.45) is 1.06. The van der Waals surface area contributed by atoms with E-state index < -0.39 is 0 Å². The molecule has 0 bridgehead atoms. The predicted octanol–water partition coefficient (Wildman–Crippen LogP) is 2.64. The summed E-state index contributed by atoms with van der Waals surface area (Å²) >= 11 is 9.46. The number of carbonyl (C=O) groups is 1. The number of nitrogens with one attached hydrogen (secondary N) is 1. The fraction of sp³-hybridized carbons (Fsp3) is 0.533. The van der Waals surface area contributed by atoms with Gasteiger partial charge in [-0.3, -0.25) is 9.69 Å². The van der Waals surface area contributed by atoms with E-state index in [-0.39, 0.29) is 18.3 Å². The molecule has 0 radical (unpaired) electrons. The SMILES string of the molecule is Cl.O=C(c1cc(Cl)ccc1Br)N1CCC(N2CCNCC2)C1. The van der Waals surface area contributed by atoms with Crippen molar-refractivity contribution in [2.75, 3.05) is 39.3 Å². The van der Waals surface area contributed by atoms with E-state index in [4.69, 9.17) is 11.6 Å². The van der Waals surface area contributed by atoms with Crippen LogP contribution in [0.25, 0.3) is 0 Å². The summed E-state index contributed by atoms with van der Waals surface area (Å²) in [6, 6.07) is 5.86. The zero-order valence-electron chi connectivity index (χ0n) is 12.2. The molecule has 122 valence electrons. The molecule has 2 aliphatic heterocycles. The average molecular weight is 409 g/mol. The Balaban J connectivity index is 0.00000176. The smallest absolute Gasteiger partial charge is 0.255 e. The van der Waals surface area contributed by atoms with Gasteiger partial charge < -0.3 is 10.2 Å². The van der Waals surface area contributed by atoms with Crippen LogP contribution in [0.3, 0.4) is 0 Å². The van der Waals surface area contributed by atoms with Crippen molar-refractivity contribution < 1.29 is 4.79 Å².